The molecule has 8 nitrogen and oxygen atoms in total. The van der Waals surface area contributed by atoms with Crippen LogP contribution in [0, 0.1) is 0 Å². The van der Waals surface area contributed by atoms with Crippen molar-refractivity contribution in [3.8, 4) is 0 Å². The van der Waals surface area contributed by atoms with Crippen LogP contribution in [0.2, 0.25) is 0 Å². The molecule has 0 aliphatic carbocycles. The molecular weight excluding hydrogens is 334 g/mol. The van der Waals surface area contributed by atoms with E-state index in [1.54, 1.807) is 24.3 Å². The van der Waals surface area contributed by atoms with Gasteiger partial charge in [0, 0.05) is 12.6 Å². The first-order valence-corrected chi connectivity index (χ1v) is 9.24. The van der Waals surface area contributed by atoms with Crippen LogP contribution in [0.25, 0.3) is 0 Å². The van der Waals surface area contributed by atoms with Gasteiger partial charge in [0.2, 0.25) is 15.9 Å². The van der Waals surface area contributed by atoms with Crippen molar-refractivity contribution in [2.24, 2.45) is 5.14 Å². The molecule has 1 aromatic rings. The average molecular weight is 351 g/mol. The highest BCUT2D eigenvalue weighted by molar-refractivity contribution is 7.89. The summed E-state index contributed by atoms with van der Waals surface area (Å²) in [5.74, 6) is -1.78. The summed E-state index contributed by atoms with van der Waals surface area (Å²) in [4.78, 5) is 39.4. The van der Waals surface area contributed by atoms with Crippen molar-refractivity contribution in [1.29, 1.82) is 0 Å². The van der Waals surface area contributed by atoms with Gasteiger partial charge >= 0.3 is 0 Å². The van der Waals surface area contributed by atoms with Gasteiger partial charge < -0.3 is 4.90 Å². The van der Waals surface area contributed by atoms with Gasteiger partial charge in [0.1, 0.15) is 6.54 Å². The molecule has 1 aromatic carbocycles. The Morgan fingerprint density at radius 2 is 1.75 bits per heavy atom. The van der Waals surface area contributed by atoms with Crippen LogP contribution < -0.4 is 5.14 Å². The molecular formula is C15H17N3O5S. The van der Waals surface area contributed by atoms with Crippen LogP contribution in [0.15, 0.2) is 24.3 Å². The molecule has 3 amide bonds. The molecule has 1 atom stereocenters. The minimum atomic E-state index is -3.71. The van der Waals surface area contributed by atoms with Crippen molar-refractivity contribution >= 4 is 27.7 Å². The van der Waals surface area contributed by atoms with Gasteiger partial charge in [-0.1, -0.05) is 12.1 Å². The summed E-state index contributed by atoms with van der Waals surface area (Å²) in [6.07, 6.45) is 1.19. The molecule has 1 saturated heterocycles. The molecule has 1 unspecified atom stereocenters. The molecule has 2 N–H and O–H groups in total. The van der Waals surface area contributed by atoms with E-state index < -0.39 is 40.3 Å². The number of carbonyl (C=O) groups excluding carboxylic acids is 3. The van der Waals surface area contributed by atoms with Crippen LogP contribution >= 0.6 is 0 Å². The quantitative estimate of drug-likeness (QED) is 0.738. The Morgan fingerprint density at radius 3 is 2.29 bits per heavy atom. The highest BCUT2D eigenvalue weighted by Crippen LogP contribution is 2.24. The fourth-order valence-corrected chi connectivity index (χ4v) is 4.10. The number of primary sulfonamides is 1. The van der Waals surface area contributed by atoms with Crippen molar-refractivity contribution < 1.29 is 22.8 Å². The lowest BCUT2D eigenvalue weighted by molar-refractivity contribution is -0.131. The SMILES string of the molecule is NS(=O)(=O)CC1CCCN1C(=O)CN1C(=O)c2ccccc2C1=O. The number of rotatable bonds is 4. The predicted octanol–water partition coefficient (Wildman–Crippen LogP) is -0.438. The van der Waals surface area contributed by atoms with E-state index in [0.717, 1.165) is 4.90 Å². The van der Waals surface area contributed by atoms with Gasteiger partial charge in [0.05, 0.1) is 16.9 Å². The van der Waals surface area contributed by atoms with Gasteiger partial charge in [-0.05, 0) is 25.0 Å². The maximum absolute atomic E-state index is 12.5. The third-order valence-corrected chi connectivity index (χ3v) is 5.14. The number of nitrogens with two attached hydrogens (primary N) is 1. The Morgan fingerprint density at radius 1 is 1.17 bits per heavy atom. The number of hydrogen-bond donors (Lipinski definition) is 1. The predicted molar refractivity (Wildman–Crippen MR) is 84.5 cm³/mol. The van der Waals surface area contributed by atoms with Crippen molar-refractivity contribution in [3.63, 3.8) is 0 Å². The minimum absolute atomic E-state index is 0.276. The van der Waals surface area contributed by atoms with Gasteiger partial charge in [0.25, 0.3) is 11.8 Å². The van der Waals surface area contributed by atoms with Crippen molar-refractivity contribution in [3.05, 3.63) is 35.4 Å². The summed E-state index contributed by atoms with van der Waals surface area (Å²) < 4.78 is 22.5. The Hall–Kier alpha value is -2.26. The smallest absolute Gasteiger partial charge is 0.262 e. The van der Waals surface area contributed by atoms with Gasteiger partial charge in [-0.25, -0.2) is 13.6 Å². The zero-order valence-electron chi connectivity index (χ0n) is 12.8. The molecule has 24 heavy (non-hydrogen) atoms. The first-order chi connectivity index (χ1) is 11.3. The van der Waals surface area contributed by atoms with Crippen molar-refractivity contribution in [2.45, 2.75) is 18.9 Å². The third-order valence-electron chi connectivity index (χ3n) is 4.29. The number of amides is 3. The summed E-state index contributed by atoms with van der Waals surface area (Å²) in [7, 11) is -3.71. The monoisotopic (exact) mass is 351 g/mol. The number of fused-ring (bicyclic) bond motifs is 1. The average Bonchev–Trinajstić information content (AvgIpc) is 3.05. The summed E-state index contributed by atoms with van der Waals surface area (Å²) in [5, 5.41) is 5.06. The number of nitrogens with zero attached hydrogens (tertiary/aromatic N) is 2. The second kappa shape index (κ2) is 5.99. The molecule has 2 heterocycles. The molecule has 0 saturated carbocycles. The Kier molecular flexibility index (Phi) is 4.14. The lowest BCUT2D eigenvalue weighted by Gasteiger charge is -2.25. The van der Waals surface area contributed by atoms with E-state index in [2.05, 4.69) is 0 Å². The number of likely N-dealkylation sites (tertiary alicyclic amines) is 1. The third kappa shape index (κ3) is 3.04. The summed E-state index contributed by atoms with van der Waals surface area (Å²) in [6, 6.07) is 5.87. The molecule has 0 spiro atoms. The first-order valence-electron chi connectivity index (χ1n) is 7.53. The molecule has 2 aliphatic rings. The maximum Gasteiger partial charge on any atom is 0.262 e. The normalized spacial score (nSPS) is 20.6. The molecule has 128 valence electrons. The summed E-state index contributed by atoms with van der Waals surface area (Å²) >= 11 is 0. The van der Waals surface area contributed by atoms with Gasteiger partial charge in [-0.3, -0.25) is 19.3 Å². The second-order valence-corrected chi connectivity index (χ2v) is 7.61. The zero-order chi connectivity index (χ0) is 17.5. The van der Waals surface area contributed by atoms with E-state index in [-0.39, 0.29) is 16.9 Å². The molecule has 0 aromatic heterocycles. The van der Waals surface area contributed by atoms with Gasteiger partial charge in [0.15, 0.2) is 0 Å². The topological polar surface area (TPSA) is 118 Å². The van der Waals surface area contributed by atoms with Crippen molar-refractivity contribution in [2.75, 3.05) is 18.8 Å². The molecule has 0 bridgehead atoms. The van der Waals surface area contributed by atoms with Crippen LogP contribution in [0.3, 0.4) is 0 Å². The Balaban J connectivity index is 1.74. The van der Waals surface area contributed by atoms with E-state index in [4.69, 9.17) is 5.14 Å². The largest absolute Gasteiger partial charge is 0.337 e. The van der Waals surface area contributed by atoms with E-state index in [9.17, 15) is 22.8 Å². The minimum Gasteiger partial charge on any atom is -0.337 e. The van der Waals surface area contributed by atoms with Gasteiger partial charge in [-0.2, -0.15) is 0 Å². The number of sulfonamides is 1. The fraction of sp³-hybridized carbons (Fsp3) is 0.400. The fourth-order valence-electron chi connectivity index (χ4n) is 3.21. The first kappa shape index (κ1) is 16.6. The highest BCUT2D eigenvalue weighted by Gasteiger charge is 2.39. The van der Waals surface area contributed by atoms with E-state index >= 15 is 0 Å². The lowest BCUT2D eigenvalue weighted by atomic mass is 10.1. The summed E-state index contributed by atoms with van der Waals surface area (Å²) in [6.45, 7) is -0.00431. The Labute approximate surface area is 139 Å². The van der Waals surface area contributed by atoms with Crippen LogP contribution in [0.1, 0.15) is 33.6 Å². The van der Waals surface area contributed by atoms with E-state index in [0.29, 0.717) is 19.4 Å². The van der Waals surface area contributed by atoms with Crippen LogP contribution in [0.5, 0.6) is 0 Å². The molecule has 1 fully saturated rings. The molecule has 0 radical (unpaired) electrons. The second-order valence-electron chi connectivity index (χ2n) is 5.95. The highest BCUT2D eigenvalue weighted by atomic mass is 32.2. The molecule has 2 aliphatic heterocycles. The molecule has 3 rings (SSSR count). The van der Waals surface area contributed by atoms with Crippen LogP contribution in [-0.2, 0) is 14.8 Å². The summed E-state index contributed by atoms with van der Waals surface area (Å²) in [5.41, 5.74) is 0.551. The van der Waals surface area contributed by atoms with Crippen LogP contribution in [-0.4, -0.2) is 60.8 Å². The van der Waals surface area contributed by atoms with Crippen molar-refractivity contribution in [1.82, 2.24) is 9.80 Å². The van der Waals surface area contributed by atoms with Crippen LogP contribution in [0.4, 0.5) is 0 Å². The number of carbonyl (C=O) groups is 3. The number of imide groups is 1. The zero-order valence-corrected chi connectivity index (χ0v) is 13.7. The maximum atomic E-state index is 12.5. The molecule has 9 heteroatoms. The van der Waals surface area contributed by atoms with E-state index in [1.165, 1.54) is 4.90 Å². The van der Waals surface area contributed by atoms with E-state index in [1.807, 2.05) is 0 Å². The Bertz CT molecular complexity index is 785. The number of hydrogen-bond acceptors (Lipinski definition) is 5. The number of benzene rings is 1. The lowest BCUT2D eigenvalue weighted by Crippen LogP contribution is -2.47. The van der Waals surface area contributed by atoms with Gasteiger partial charge in [-0.15, -0.1) is 0 Å². The standard InChI is InChI=1S/C15H17N3O5S/c16-24(22,23)9-10-4-3-7-17(10)13(19)8-18-14(20)11-5-1-2-6-12(11)15(18)21/h1-2,5-6,10H,3-4,7-9H2,(H2,16,22,23).